The van der Waals surface area contributed by atoms with Crippen LogP contribution < -0.4 is 10.1 Å². The number of fused-ring (bicyclic) bond motifs is 1. The Morgan fingerprint density at radius 1 is 1.25 bits per heavy atom. The van der Waals surface area contributed by atoms with Crippen LogP contribution >= 0.6 is 11.3 Å². The molecule has 0 saturated carbocycles. The Bertz CT molecular complexity index is 1180. The molecule has 1 atom stereocenters. The number of nitrogens with one attached hydrogen (secondary N) is 1. The summed E-state index contributed by atoms with van der Waals surface area (Å²) < 4.78 is 10.5. The predicted octanol–water partition coefficient (Wildman–Crippen LogP) is 5.26. The van der Waals surface area contributed by atoms with Crippen LogP contribution in [0.2, 0.25) is 0 Å². The van der Waals surface area contributed by atoms with Gasteiger partial charge in [0.15, 0.2) is 0 Å². The number of carbonyl (C=O) groups is 1. The number of hydrogen-bond donors (Lipinski definition) is 1. The highest BCUT2D eigenvalue weighted by Gasteiger charge is 2.25. The Labute approximate surface area is 191 Å². The van der Waals surface area contributed by atoms with E-state index >= 15 is 0 Å². The summed E-state index contributed by atoms with van der Waals surface area (Å²) in [6.07, 6.45) is 2.31. The quantitative estimate of drug-likeness (QED) is 0.571. The van der Waals surface area contributed by atoms with Gasteiger partial charge >= 0.3 is 6.09 Å². The number of ether oxygens (including phenoxy) is 2. The molecule has 3 aromatic rings. The highest BCUT2D eigenvalue weighted by molar-refractivity contribution is 7.17. The van der Waals surface area contributed by atoms with Gasteiger partial charge in [-0.15, -0.1) is 10.2 Å². The third-order valence-electron chi connectivity index (χ3n) is 5.35. The molecule has 0 fully saturated rings. The van der Waals surface area contributed by atoms with Crippen molar-refractivity contribution in [2.24, 2.45) is 0 Å². The highest BCUT2D eigenvalue weighted by atomic mass is 32.1. The van der Waals surface area contributed by atoms with Gasteiger partial charge in [0.1, 0.15) is 21.8 Å². The average Bonchev–Trinajstić information content (AvgIpc) is 3.29. The molecule has 1 amide bonds. The Morgan fingerprint density at radius 3 is 2.81 bits per heavy atom. The molecule has 1 aromatic heterocycles. The fraction of sp³-hybridized carbons (Fsp3) is 0.333. The number of nitrogens with zero attached hydrogens (tertiary/aromatic N) is 3. The summed E-state index contributed by atoms with van der Waals surface area (Å²) in [7, 11) is 1.37. The molecule has 1 aliphatic rings. The van der Waals surface area contributed by atoms with Crippen LogP contribution in [-0.4, -0.2) is 29.5 Å². The molecular formula is C24H24N4O3S. The maximum Gasteiger partial charge on any atom is 0.407 e. The standard InChI is InChI=1S/C24H24N4O3S/c1-14(2)31-21-11-10-15(12-16(21)13-25)22-27-28-23(32-22)19-8-4-7-18-17(19)6-5-9-20(18)26-24(29)30-3/h4,7-8,10-12,14,20H,5-6,9H2,1-3H3,(H,26,29)/t20-/m0/s1. The van der Waals surface area contributed by atoms with Gasteiger partial charge in [-0.2, -0.15) is 5.26 Å². The molecule has 0 aliphatic heterocycles. The third-order valence-corrected chi connectivity index (χ3v) is 6.36. The molecule has 0 saturated heterocycles. The van der Waals surface area contributed by atoms with Crippen LogP contribution in [0.5, 0.6) is 5.75 Å². The van der Waals surface area contributed by atoms with Crippen molar-refractivity contribution >= 4 is 17.4 Å². The number of hydrogen-bond acceptors (Lipinski definition) is 7. The van der Waals surface area contributed by atoms with Crippen LogP contribution in [0.1, 0.15) is 49.4 Å². The molecule has 4 rings (SSSR count). The van der Waals surface area contributed by atoms with E-state index in [1.165, 1.54) is 24.0 Å². The monoisotopic (exact) mass is 448 g/mol. The highest BCUT2D eigenvalue weighted by Crippen LogP contribution is 2.39. The summed E-state index contributed by atoms with van der Waals surface area (Å²) in [4.78, 5) is 11.8. The van der Waals surface area contributed by atoms with E-state index in [4.69, 9.17) is 9.47 Å². The number of aromatic nitrogens is 2. The van der Waals surface area contributed by atoms with E-state index in [-0.39, 0.29) is 12.1 Å². The lowest BCUT2D eigenvalue weighted by Gasteiger charge is -2.27. The molecule has 7 nitrogen and oxygen atoms in total. The van der Waals surface area contributed by atoms with E-state index in [0.717, 1.165) is 46.0 Å². The van der Waals surface area contributed by atoms with Crippen molar-refractivity contribution in [3.63, 3.8) is 0 Å². The number of nitriles is 1. The van der Waals surface area contributed by atoms with Crippen molar-refractivity contribution in [1.29, 1.82) is 5.26 Å². The largest absolute Gasteiger partial charge is 0.490 e. The first-order chi connectivity index (χ1) is 15.5. The summed E-state index contributed by atoms with van der Waals surface area (Å²) >= 11 is 1.49. The van der Waals surface area contributed by atoms with Gasteiger partial charge < -0.3 is 14.8 Å². The van der Waals surface area contributed by atoms with E-state index in [1.54, 1.807) is 6.07 Å². The van der Waals surface area contributed by atoms with E-state index in [2.05, 4.69) is 21.6 Å². The van der Waals surface area contributed by atoms with E-state index < -0.39 is 6.09 Å². The molecule has 32 heavy (non-hydrogen) atoms. The smallest absolute Gasteiger partial charge is 0.407 e. The minimum absolute atomic E-state index is 0.0113. The lowest BCUT2D eigenvalue weighted by atomic mass is 9.85. The molecular weight excluding hydrogens is 424 g/mol. The van der Waals surface area contributed by atoms with Gasteiger partial charge in [-0.25, -0.2) is 4.79 Å². The second kappa shape index (κ2) is 9.37. The van der Waals surface area contributed by atoms with Crippen molar-refractivity contribution in [2.45, 2.75) is 45.3 Å². The fourth-order valence-corrected chi connectivity index (χ4v) is 4.85. The number of alkyl carbamates (subject to hydrolysis) is 1. The molecule has 0 bridgehead atoms. The number of methoxy groups -OCH3 is 1. The zero-order chi connectivity index (χ0) is 22.7. The Morgan fingerprint density at radius 2 is 2.06 bits per heavy atom. The first-order valence-corrected chi connectivity index (χ1v) is 11.3. The van der Waals surface area contributed by atoms with Crippen molar-refractivity contribution in [3.8, 4) is 33.0 Å². The van der Waals surface area contributed by atoms with Crippen molar-refractivity contribution < 1.29 is 14.3 Å². The molecule has 0 unspecified atom stereocenters. The van der Waals surface area contributed by atoms with Crippen LogP contribution in [0, 0.1) is 11.3 Å². The topological polar surface area (TPSA) is 97.1 Å². The lowest BCUT2D eigenvalue weighted by Crippen LogP contribution is -2.30. The minimum Gasteiger partial charge on any atom is -0.490 e. The molecule has 0 radical (unpaired) electrons. The van der Waals surface area contributed by atoms with Gasteiger partial charge in [0.2, 0.25) is 0 Å². The van der Waals surface area contributed by atoms with Crippen molar-refractivity contribution in [1.82, 2.24) is 15.5 Å². The summed E-state index contributed by atoms with van der Waals surface area (Å²) in [6, 6.07) is 13.7. The number of rotatable bonds is 5. The van der Waals surface area contributed by atoms with Gasteiger partial charge in [-0.1, -0.05) is 29.5 Å². The maximum absolute atomic E-state index is 11.8. The molecule has 1 N–H and O–H groups in total. The normalized spacial score (nSPS) is 15.0. The van der Waals surface area contributed by atoms with Crippen LogP contribution in [0.25, 0.3) is 21.1 Å². The van der Waals surface area contributed by atoms with E-state index in [0.29, 0.717) is 11.3 Å². The minimum atomic E-state index is -0.426. The molecule has 1 heterocycles. The Kier molecular flexibility index (Phi) is 6.37. The van der Waals surface area contributed by atoms with Crippen LogP contribution in [-0.2, 0) is 11.2 Å². The second-order valence-corrected chi connectivity index (χ2v) is 8.83. The number of benzene rings is 2. The van der Waals surface area contributed by atoms with Crippen LogP contribution in [0.15, 0.2) is 36.4 Å². The summed E-state index contributed by atoms with van der Waals surface area (Å²) in [6.45, 7) is 3.86. The molecule has 1 aliphatic carbocycles. The van der Waals surface area contributed by atoms with Gasteiger partial charge in [0.25, 0.3) is 0 Å². The Balaban J connectivity index is 1.66. The second-order valence-electron chi connectivity index (χ2n) is 7.86. The summed E-state index contributed by atoms with van der Waals surface area (Å²) in [5.41, 5.74) is 4.61. The van der Waals surface area contributed by atoms with Crippen LogP contribution in [0.4, 0.5) is 4.79 Å². The fourth-order valence-electron chi connectivity index (χ4n) is 3.96. The first kappa shape index (κ1) is 21.8. The third kappa shape index (κ3) is 4.43. The zero-order valence-electron chi connectivity index (χ0n) is 18.2. The molecule has 8 heteroatoms. The van der Waals surface area contributed by atoms with E-state index in [9.17, 15) is 10.1 Å². The van der Waals surface area contributed by atoms with E-state index in [1.807, 2.05) is 44.2 Å². The maximum atomic E-state index is 11.8. The Hall–Kier alpha value is -3.44. The average molecular weight is 449 g/mol. The van der Waals surface area contributed by atoms with Gasteiger partial charge in [0, 0.05) is 11.1 Å². The van der Waals surface area contributed by atoms with Gasteiger partial charge in [-0.3, -0.25) is 0 Å². The molecule has 0 spiro atoms. The number of carbonyl (C=O) groups excluding carboxylic acids is 1. The van der Waals surface area contributed by atoms with Gasteiger partial charge in [-0.05, 0) is 62.4 Å². The predicted molar refractivity (Wildman–Crippen MR) is 122 cm³/mol. The van der Waals surface area contributed by atoms with Crippen LogP contribution in [0.3, 0.4) is 0 Å². The number of amides is 1. The zero-order valence-corrected chi connectivity index (χ0v) is 19.0. The molecule has 2 aromatic carbocycles. The van der Waals surface area contributed by atoms with Crippen molar-refractivity contribution in [2.75, 3.05) is 7.11 Å². The SMILES string of the molecule is COC(=O)N[C@H]1CCCc2c(-c3nnc(-c4ccc(OC(C)C)c(C#N)c4)s3)cccc21. The summed E-state index contributed by atoms with van der Waals surface area (Å²) in [5.74, 6) is 0.567. The lowest BCUT2D eigenvalue weighted by molar-refractivity contribution is 0.165. The first-order valence-electron chi connectivity index (χ1n) is 10.5. The van der Waals surface area contributed by atoms with Crippen molar-refractivity contribution in [3.05, 3.63) is 53.1 Å². The van der Waals surface area contributed by atoms with Gasteiger partial charge in [0.05, 0.1) is 24.8 Å². The summed E-state index contributed by atoms with van der Waals surface area (Å²) in [5, 5.41) is 22.8. The molecule has 164 valence electrons.